The van der Waals surface area contributed by atoms with Crippen LogP contribution in [-0.2, 0) is 16.1 Å². The molecule has 0 aliphatic heterocycles. The molecule has 0 radical (unpaired) electrons. The van der Waals surface area contributed by atoms with E-state index in [2.05, 4.69) is 5.32 Å². The van der Waals surface area contributed by atoms with Crippen LogP contribution in [0.25, 0.3) is 0 Å². The second-order valence-corrected chi connectivity index (χ2v) is 6.75. The third kappa shape index (κ3) is 5.81. The summed E-state index contributed by atoms with van der Waals surface area (Å²) in [7, 11) is 0. The van der Waals surface area contributed by atoms with Crippen LogP contribution in [0.2, 0.25) is 0 Å². The highest BCUT2D eigenvalue weighted by Gasteiger charge is 2.26. The Kier molecular flexibility index (Phi) is 7.55. The van der Waals surface area contributed by atoms with Crippen LogP contribution in [0.3, 0.4) is 0 Å². The fraction of sp³-hybridized carbons (Fsp3) is 0.364. The molecule has 0 aliphatic rings. The van der Waals surface area contributed by atoms with Gasteiger partial charge in [0.25, 0.3) is 5.91 Å². The molecule has 0 aliphatic carbocycles. The predicted octanol–water partition coefficient (Wildman–Crippen LogP) is 3.37. The van der Waals surface area contributed by atoms with Crippen molar-refractivity contribution in [2.75, 3.05) is 13.2 Å². The van der Waals surface area contributed by atoms with Gasteiger partial charge in [-0.3, -0.25) is 9.59 Å². The Morgan fingerprint density at radius 2 is 1.79 bits per heavy atom. The van der Waals surface area contributed by atoms with Gasteiger partial charge < -0.3 is 15.0 Å². The smallest absolute Gasteiger partial charge is 0.261 e. The summed E-state index contributed by atoms with van der Waals surface area (Å²) in [6.07, 6.45) is 0. The summed E-state index contributed by atoms with van der Waals surface area (Å²) in [5.41, 5.74) is 2.95. The van der Waals surface area contributed by atoms with Gasteiger partial charge in [-0.25, -0.2) is 4.39 Å². The molecule has 2 aromatic rings. The van der Waals surface area contributed by atoms with Crippen LogP contribution < -0.4 is 10.1 Å². The van der Waals surface area contributed by atoms with E-state index in [1.807, 2.05) is 39.0 Å². The van der Waals surface area contributed by atoms with Crippen LogP contribution in [0.15, 0.2) is 42.5 Å². The molecule has 150 valence electrons. The predicted molar refractivity (Wildman–Crippen MR) is 107 cm³/mol. The molecule has 2 amide bonds. The lowest BCUT2D eigenvalue weighted by Crippen LogP contribution is -2.49. The molecule has 0 fully saturated rings. The average molecular weight is 386 g/mol. The van der Waals surface area contributed by atoms with Gasteiger partial charge in [0.1, 0.15) is 17.6 Å². The number of aryl methyl sites for hydroxylation is 2. The molecular weight excluding hydrogens is 359 g/mol. The van der Waals surface area contributed by atoms with Crippen LogP contribution in [0.1, 0.15) is 30.5 Å². The van der Waals surface area contributed by atoms with Crippen LogP contribution >= 0.6 is 0 Å². The average Bonchev–Trinajstić information content (AvgIpc) is 2.68. The first-order chi connectivity index (χ1) is 13.3. The lowest BCUT2D eigenvalue weighted by Gasteiger charge is -2.28. The summed E-state index contributed by atoms with van der Waals surface area (Å²) < 4.78 is 18.8. The van der Waals surface area contributed by atoms with E-state index in [9.17, 15) is 14.0 Å². The highest BCUT2D eigenvalue weighted by Crippen LogP contribution is 2.17. The summed E-state index contributed by atoms with van der Waals surface area (Å²) in [6, 6.07) is 10.8. The largest absolute Gasteiger partial charge is 0.484 e. The third-order valence-corrected chi connectivity index (χ3v) is 4.63. The van der Waals surface area contributed by atoms with Gasteiger partial charge in [-0.15, -0.1) is 0 Å². The molecule has 2 rings (SSSR count). The van der Waals surface area contributed by atoms with Crippen LogP contribution in [0, 0.1) is 19.7 Å². The number of likely N-dealkylation sites (N-methyl/N-ethyl adjacent to an activating group) is 1. The van der Waals surface area contributed by atoms with Gasteiger partial charge in [0.15, 0.2) is 6.61 Å². The second kappa shape index (κ2) is 9.88. The molecule has 2 aromatic carbocycles. The molecule has 6 heteroatoms. The second-order valence-electron chi connectivity index (χ2n) is 6.75. The van der Waals surface area contributed by atoms with Crippen molar-refractivity contribution in [1.82, 2.24) is 10.2 Å². The fourth-order valence-electron chi connectivity index (χ4n) is 2.72. The quantitative estimate of drug-likeness (QED) is 0.757. The molecule has 1 N–H and O–H groups in total. The van der Waals surface area contributed by atoms with Crippen molar-refractivity contribution in [3.63, 3.8) is 0 Å². The van der Waals surface area contributed by atoms with Crippen molar-refractivity contribution in [1.29, 1.82) is 0 Å². The summed E-state index contributed by atoms with van der Waals surface area (Å²) >= 11 is 0. The Morgan fingerprint density at radius 1 is 1.11 bits per heavy atom. The maximum Gasteiger partial charge on any atom is 0.261 e. The Bertz CT molecular complexity index is 821. The first kappa shape index (κ1) is 21.4. The van der Waals surface area contributed by atoms with Crippen molar-refractivity contribution in [3.05, 3.63) is 65.0 Å². The molecule has 0 aromatic heterocycles. The minimum Gasteiger partial charge on any atom is -0.484 e. The minimum atomic E-state index is -0.680. The van der Waals surface area contributed by atoms with E-state index in [-0.39, 0.29) is 30.8 Å². The molecule has 1 unspecified atom stereocenters. The maximum absolute atomic E-state index is 13.2. The molecule has 0 spiro atoms. The number of hydrogen-bond donors (Lipinski definition) is 1. The molecular formula is C22H27FN2O3. The zero-order valence-corrected chi connectivity index (χ0v) is 16.8. The molecule has 0 heterocycles. The number of benzene rings is 2. The van der Waals surface area contributed by atoms with E-state index >= 15 is 0 Å². The normalized spacial score (nSPS) is 11.6. The number of hydrogen-bond acceptors (Lipinski definition) is 3. The van der Waals surface area contributed by atoms with Gasteiger partial charge >= 0.3 is 0 Å². The first-order valence-corrected chi connectivity index (χ1v) is 9.33. The number of ether oxygens (including phenoxy) is 1. The van der Waals surface area contributed by atoms with Gasteiger partial charge in [0.05, 0.1) is 0 Å². The number of carbonyl (C=O) groups is 2. The maximum atomic E-state index is 13.2. The SMILES string of the molecule is CCNC(=O)C(C)N(Cc1ccc(F)cc1)C(=O)COc1ccc(C)c(C)c1. The van der Waals surface area contributed by atoms with E-state index < -0.39 is 6.04 Å². The Hall–Kier alpha value is -2.89. The topological polar surface area (TPSA) is 58.6 Å². The summed E-state index contributed by atoms with van der Waals surface area (Å²) in [5, 5.41) is 2.73. The highest BCUT2D eigenvalue weighted by atomic mass is 19.1. The van der Waals surface area contributed by atoms with Crippen molar-refractivity contribution in [3.8, 4) is 5.75 Å². The van der Waals surface area contributed by atoms with Crippen LogP contribution in [-0.4, -0.2) is 35.9 Å². The van der Waals surface area contributed by atoms with E-state index in [1.165, 1.54) is 17.0 Å². The van der Waals surface area contributed by atoms with Crippen molar-refractivity contribution in [2.24, 2.45) is 0 Å². The molecule has 28 heavy (non-hydrogen) atoms. The van der Waals surface area contributed by atoms with E-state index in [1.54, 1.807) is 19.1 Å². The minimum absolute atomic E-state index is 0.187. The van der Waals surface area contributed by atoms with Crippen molar-refractivity contribution >= 4 is 11.8 Å². The summed E-state index contributed by atoms with van der Waals surface area (Å²) in [6.45, 7) is 7.94. The van der Waals surface area contributed by atoms with Gasteiger partial charge in [0, 0.05) is 13.1 Å². The lowest BCUT2D eigenvalue weighted by molar-refractivity contribution is -0.142. The number of carbonyl (C=O) groups excluding carboxylic acids is 2. The van der Waals surface area contributed by atoms with Gasteiger partial charge in [-0.05, 0) is 68.7 Å². The van der Waals surface area contributed by atoms with Gasteiger partial charge in [-0.2, -0.15) is 0 Å². The molecule has 5 nitrogen and oxygen atoms in total. The fourth-order valence-corrected chi connectivity index (χ4v) is 2.72. The van der Waals surface area contributed by atoms with Crippen LogP contribution in [0.4, 0.5) is 4.39 Å². The third-order valence-electron chi connectivity index (χ3n) is 4.63. The standard InChI is InChI=1S/C22H27FN2O3/c1-5-24-22(27)17(4)25(13-18-7-9-19(23)10-8-18)21(26)14-28-20-11-6-15(2)16(3)12-20/h6-12,17H,5,13-14H2,1-4H3,(H,24,27). The molecule has 0 saturated carbocycles. The number of rotatable bonds is 8. The van der Waals surface area contributed by atoms with E-state index in [0.717, 1.165) is 16.7 Å². The number of halogens is 1. The zero-order valence-electron chi connectivity index (χ0n) is 16.8. The van der Waals surface area contributed by atoms with Gasteiger partial charge in [-0.1, -0.05) is 18.2 Å². The highest BCUT2D eigenvalue weighted by molar-refractivity contribution is 5.87. The lowest BCUT2D eigenvalue weighted by atomic mass is 10.1. The van der Waals surface area contributed by atoms with Crippen LogP contribution in [0.5, 0.6) is 5.75 Å². The monoisotopic (exact) mass is 386 g/mol. The molecule has 0 bridgehead atoms. The molecule has 0 saturated heterocycles. The van der Waals surface area contributed by atoms with Crippen molar-refractivity contribution < 1.29 is 18.7 Å². The Labute approximate surface area is 165 Å². The Morgan fingerprint density at radius 3 is 2.39 bits per heavy atom. The summed E-state index contributed by atoms with van der Waals surface area (Å²) in [4.78, 5) is 26.6. The van der Waals surface area contributed by atoms with E-state index in [0.29, 0.717) is 12.3 Å². The zero-order chi connectivity index (χ0) is 20.7. The molecule has 1 atom stereocenters. The number of nitrogens with zero attached hydrogens (tertiary/aromatic N) is 1. The number of nitrogens with one attached hydrogen (secondary N) is 1. The first-order valence-electron chi connectivity index (χ1n) is 9.33. The van der Waals surface area contributed by atoms with Crippen molar-refractivity contribution in [2.45, 2.75) is 40.3 Å². The number of amides is 2. The van der Waals surface area contributed by atoms with Gasteiger partial charge in [0.2, 0.25) is 5.91 Å². The van der Waals surface area contributed by atoms with E-state index in [4.69, 9.17) is 4.74 Å². The Balaban J connectivity index is 2.13. The summed E-state index contributed by atoms with van der Waals surface area (Å²) in [5.74, 6) is -0.314.